The molecular weight excluding hydrogens is 270 g/mol. The summed E-state index contributed by atoms with van der Waals surface area (Å²) in [5.74, 6) is -0.794. The van der Waals surface area contributed by atoms with Crippen LogP contribution in [0.4, 0.5) is 5.69 Å². The maximum Gasteiger partial charge on any atom is 0.252 e. The van der Waals surface area contributed by atoms with Crippen LogP contribution < -0.4 is 11.1 Å². The summed E-state index contributed by atoms with van der Waals surface area (Å²) in [6.45, 7) is 0. The predicted molar refractivity (Wildman–Crippen MR) is 76.1 cm³/mol. The van der Waals surface area contributed by atoms with E-state index in [4.69, 9.17) is 5.73 Å². The molecule has 0 spiro atoms. The minimum Gasteiger partial charge on any atom is -0.399 e. The molecule has 1 atom stereocenters. The topological polar surface area (TPSA) is 92.5 Å². The first-order valence-corrected chi connectivity index (χ1v) is 6.91. The number of nitrogen functional groups attached to an aromatic ring is 1. The molecule has 1 aliphatic carbocycles. The Kier molecular flexibility index (Phi) is 2.97. The van der Waals surface area contributed by atoms with Crippen molar-refractivity contribution < 1.29 is 14.4 Å². The van der Waals surface area contributed by atoms with Gasteiger partial charge in [0.25, 0.3) is 5.91 Å². The average molecular weight is 287 g/mol. The van der Waals surface area contributed by atoms with Gasteiger partial charge in [-0.15, -0.1) is 0 Å². The summed E-state index contributed by atoms with van der Waals surface area (Å²) in [5.41, 5.74) is 6.64. The Balaban J connectivity index is 1.75. The summed E-state index contributed by atoms with van der Waals surface area (Å²) in [4.78, 5) is 36.9. The first kappa shape index (κ1) is 13.6. The van der Waals surface area contributed by atoms with Crippen LogP contribution in [0.5, 0.6) is 0 Å². The van der Waals surface area contributed by atoms with Gasteiger partial charge in [-0.1, -0.05) is 12.1 Å². The molecule has 1 saturated carbocycles. The predicted octanol–water partition coefficient (Wildman–Crippen LogP) is 0.174. The zero-order valence-corrected chi connectivity index (χ0v) is 11.8. The number of carbonyl (C=O) groups excluding carboxylic acids is 3. The van der Waals surface area contributed by atoms with Gasteiger partial charge in [-0.2, -0.15) is 0 Å². The number of benzene rings is 1. The lowest BCUT2D eigenvalue weighted by Crippen LogP contribution is -2.45. The van der Waals surface area contributed by atoms with Crippen LogP contribution in [0.15, 0.2) is 24.3 Å². The van der Waals surface area contributed by atoms with Crippen molar-refractivity contribution in [3.63, 3.8) is 0 Å². The second-order valence-electron chi connectivity index (χ2n) is 5.73. The first-order chi connectivity index (χ1) is 9.94. The zero-order valence-electron chi connectivity index (χ0n) is 11.8. The normalized spacial score (nSPS) is 23.3. The van der Waals surface area contributed by atoms with E-state index in [1.54, 1.807) is 12.1 Å². The molecule has 1 heterocycles. The van der Waals surface area contributed by atoms with Crippen molar-refractivity contribution in [2.75, 3.05) is 12.8 Å². The molecule has 6 heteroatoms. The fourth-order valence-electron chi connectivity index (χ4n) is 2.74. The van der Waals surface area contributed by atoms with Gasteiger partial charge in [0.15, 0.2) is 0 Å². The minimum absolute atomic E-state index is 0.0406. The van der Waals surface area contributed by atoms with Crippen molar-refractivity contribution in [3.05, 3.63) is 29.8 Å². The lowest BCUT2D eigenvalue weighted by atomic mass is 9.94. The van der Waals surface area contributed by atoms with E-state index in [0.717, 1.165) is 23.3 Å². The van der Waals surface area contributed by atoms with Crippen LogP contribution in [0.3, 0.4) is 0 Å². The van der Waals surface area contributed by atoms with E-state index in [-0.39, 0.29) is 24.1 Å². The maximum atomic E-state index is 12.5. The lowest BCUT2D eigenvalue weighted by molar-refractivity contribution is -0.138. The lowest BCUT2D eigenvalue weighted by Gasteiger charge is -2.18. The number of amides is 3. The van der Waals surface area contributed by atoms with E-state index in [0.29, 0.717) is 5.69 Å². The van der Waals surface area contributed by atoms with Crippen LogP contribution in [0.2, 0.25) is 0 Å². The van der Waals surface area contributed by atoms with Crippen molar-refractivity contribution in [3.8, 4) is 0 Å². The van der Waals surface area contributed by atoms with E-state index in [2.05, 4.69) is 5.32 Å². The molecule has 1 saturated heterocycles. The molecule has 1 unspecified atom stereocenters. The van der Waals surface area contributed by atoms with E-state index >= 15 is 0 Å². The molecule has 3 amide bonds. The Bertz CT molecular complexity index is 620. The Morgan fingerprint density at radius 1 is 1.29 bits per heavy atom. The highest BCUT2D eigenvalue weighted by Crippen LogP contribution is 2.48. The van der Waals surface area contributed by atoms with Gasteiger partial charge in [-0.05, 0) is 30.5 Å². The second kappa shape index (κ2) is 4.58. The van der Waals surface area contributed by atoms with Gasteiger partial charge in [-0.25, -0.2) is 0 Å². The fourth-order valence-corrected chi connectivity index (χ4v) is 2.74. The van der Waals surface area contributed by atoms with Gasteiger partial charge in [0.2, 0.25) is 11.8 Å². The summed E-state index contributed by atoms with van der Waals surface area (Å²) in [5, 5.41) is 2.72. The number of likely N-dealkylation sites (N-methyl/N-ethyl adjacent to an activating group) is 1. The van der Waals surface area contributed by atoms with Gasteiger partial charge in [-0.3, -0.25) is 19.3 Å². The van der Waals surface area contributed by atoms with Gasteiger partial charge >= 0.3 is 0 Å². The number of nitrogens with zero attached hydrogens (tertiary/aromatic N) is 1. The first-order valence-electron chi connectivity index (χ1n) is 6.91. The third-order valence-electron chi connectivity index (χ3n) is 4.33. The number of imide groups is 1. The van der Waals surface area contributed by atoms with Gasteiger partial charge in [0.1, 0.15) is 6.04 Å². The van der Waals surface area contributed by atoms with Crippen LogP contribution in [0.1, 0.15) is 24.8 Å². The van der Waals surface area contributed by atoms with Crippen LogP contribution in [0.25, 0.3) is 0 Å². The summed E-state index contributed by atoms with van der Waals surface area (Å²) in [6, 6.07) is 6.48. The van der Waals surface area contributed by atoms with E-state index < -0.39 is 11.5 Å². The number of anilines is 1. The largest absolute Gasteiger partial charge is 0.399 e. The molecule has 0 radical (unpaired) electrons. The molecule has 3 N–H and O–H groups in total. The van der Waals surface area contributed by atoms with Crippen LogP contribution in [0, 0.1) is 0 Å². The molecule has 1 aliphatic heterocycles. The zero-order chi connectivity index (χ0) is 15.2. The third-order valence-corrected chi connectivity index (χ3v) is 4.33. The number of nitrogens with one attached hydrogen (secondary N) is 1. The molecule has 2 aliphatic rings. The van der Waals surface area contributed by atoms with Crippen LogP contribution in [-0.2, 0) is 19.8 Å². The quantitative estimate of drug-likeness (QED) is 0.612. The fraction of sp³-hybridized carbons (Fsp3) is 0.400. The Hall–Kier alpha value is -2.37. The Morgan fingerprint density at radius 3 is 2.38 bits per heavy atom. The highest BCUT2D eigenvalue weighted by atomic mass is 16.2. The number of rotatable bonds is 3. The molecule has 1 aromatic rings. The van der Waals surface area contributed by atoms with Crippen molar-refractivity contribution in [1.82, 2.24) is 10.2 Å². The maximum absolute atomic E-state index is 12.5. The van der Waals surface area contributed by atoms with Crippen molar-refractivity contribution in [2.45, 2.75) is 30.7 Å². The molecule has 3 rings (SSSR count). The number of nitrogens with two attached hydrogens (primary N) is 1. The SMILES string of the molecule is CN1C(=O)CC(NC(=O)C2(c3ccc(N)cc3)CC2)C1=O. The number of hydrogen-bond acceptors (Lipinski definition) is 4. The van der Waals surface area contributed by atoms with Crippen molar-refractivity contribution in [1.29, 1.82) is 0 Å². The summed E-state index contributed by atoms with van der Waals surface area (Å²) >= 11 is 0. The second-order valence-corrected chi connectivity index (χ2v) is 5.73. The average Bonchev–Trinajstić information content (AvgIpc) is 3.23. The van der Waals surface area contributed by atoms with Crippen LogP contribution >= 0.6 is 0 Å². The smallest absolute Gasteiger partial charge is 0.252 e. The van der Waals surface area contributed by atoms with Crippen LogP contribution in [-0.4, -0.2) is 35.7 Å². The molecule has 21 heavy (non-hydrogen) atoms. The number of carbonyl (C=O) groups is 3. The molecule has 2 fully saturated rings. The van der Waals surface area contributed by atoms with Gasteiger partial charge < -0.3 is 11.1 Å². The summed E-state index contributed by atoms with van der Waals surface area (Å²) in [7, 11) is 1.43. The third kappa shape index (κ3) is 2.16. The van der Waals surface area contributed by atoms with Crippen molar-refractivity contribution >= 4 is 23.4 Å². The highest BCUT2D eigenvalue weighted by molar-refractivity contribution is 6.07. The standard InChI is InChI=1S/C15H17N3O3/c1-18-12(19)8-11(13(18)20)17-14(21)15(6-7-15)9-2-4-10(16)5-3-9/h2-5,11H,6-8,16H2,1H3,(H,17,21). The Morgan fingerprint density at radius 2 is 1.90 bits per heavy atom. The van der Waals surface area contributed by atoms with E-state index in [1.165, 1.54) is 7.05 Å². The summed E-state index contributed by atoms with van der Waals surface area (Å²) in [6.07, 6.45) is 1.53. The summed E-state index contributed by atoms with van der Waals surface area (Å²) < 4.78 is 0. The van der Waals surface area contributed by atoms with E-state index in [9.17, 15) is 14.4 Å². The molecule has 0 aromatic heterocycles. The molecular formula is C15H17N3O3. The molecule has 0 bridgehead atoms. The van der Waals surface area contributed by atoms with E-state index in [1.807, 2.05) is 12.1 Å². The number of likely N-dealkylation sites (tertiary alicyclic amines) is 1. The highest BCUT2D eigenvalue weighted by Gasteiger charge is 2.52. The monoisotopic (exact) mass is 287 g/mol. The molecule has 6 nitrogen and oxygen atoms in total. The molecule has 1 aromatic carbocycles. The molecule has 110 valence electrons. The van der Waals surface area contributed by atoms with Gasteiger partial charge in [0, 0.05) is 12.7 Å². The number of hydrogen-bond donors (Lipinski definition) is 2. The Labute approximate surface area is 122 Å². The van der Waals surface area contributed by atoms with Crippen molar-refractivity contribution in [2.24, 2.45) is 0 Å². The van der Waals surface area contributed by atoms with Gasteiger partial charge in [0.05, 0.1) is 11.8 Å². The minimum atomic E-state index is -0.735.